The van der Waals surface area contributed by atoms with Crippen LogP contribution < -0.4 is 20.5 Å². The van der Waals surface area contributed by atoms with E-state index < -0.39 is 11.5 Å². The number of rotatable bonds is 4. The summed E-state index contributed by atoms with van der Waals surface area (Å²) >= 11 is 0.984. The molecule has 1 aliphatic heterocycles. The Hall–Kier alpha value is -4.27. The Bertz CT molecular complexity index is 1410. The van der Waals surface area contributed by atoms with Gasteiger partial charge in [-0.3, -0.25) is 9.36 Å². The zero-order valence-corrected chi connectivity index (χ0v) is 16.5. The van der Waals surface area contributed by atoms with Gasteiger partial charge in [0.1, 0.15) is 22.0 Å². The van der Waals surface area contributed by atoms with Crippen LogP contribution in [0.15, 0.2) is 71.3 Å². The van der Waals surface area contributed by atoms with Crippen molar-refractivity contribution < 1.29 is 10.2 Å². The Kier molecular flexibility index (Phi) is 5.45. The van der Waals surface area contributed by atoms with Crippen molar-refractivity contribution >= 4 is 28.8 Å². The van der Waals surface area contributed by atoms with Crippen LogP contribution in [0, 0.1) is 22.7 Å². The first-order valence-corrected chi connectivity index (χ1v) is 9.44. The van der Waals surface area contributed by atoms with Crippen molar-refractivity contribution in [2.24, 2.45) is 5.73 Å². The van der Waals surface area contributed by atoms with Gasteiger partial charge in [-0.05, 0) is 18.2 Å². The van der Waals surface area contributed by atoms with Gasteiger partial charge in [0, 0.05) is 11.1 Å². The summed E-state index contributed by atoms with van der Waals surface area (Å²) in [4.78, 5) is 13.0. The van der Waals surface area contributed by atoms with Gasteiger partial charge in [0.15, 0.2) is 0 Å². The molecule has 1 aromatic carbocycles. The minimum atomic E-state index is -0.913. The number of hydrogen-bond acceptors (Lipinski definition) is 7. The highest BCUT2D eigenvalue weighted by atomic mass is 32.1. The summed E-state index contributed by atoms with van der Waals surface area (Å²) in [7, 11) is 0. The number of nitriles is 2. The number of allylic oxidation sites excluding steroid dienone is 4. The molecule has 0 radical (unpaired) electrons. The van der Waals surface area contributed by atoms with E-state index in [1.807, 2.05) is 6.07 Å². The van der Waals surface area contributed by atoms with Gasteiger partial charge in [-0.2, -0.15) is 10.5 Å². The van der Waals surface area contributed by atoms with Gasteiger partial charge < -0.3 is 15.9 Å². The highest BCUT2D eigenvalue weighted by Gasteiger charge is 2.33. The number of nitrogens with two attached hydrogens (primary N) is 1. The number of aliphatic hydroxyl groups excluding tert-OH is 1. The lowest BCUT2D eigenvalue weighted by Gasteiger charge is -2.22. The SMILES string of the molecule is C=C/C=C(/O)C(=C)/C=c1\sc2n(c1=O)C(N)=C(C#N)C(c1ccccc1O)C=2C#N. The summed E-state index contributed by atoms with van der Waals surface area (Å²) in [5.74, 6) is -1.29. The molecule has 0 amide bonds. The van der Waals surface area contributed by atoms with Crippen molar-refractivity contribution in [3.8, 4) is 17.9 Å². The van der Waals surface area contributed by atoms with E-state index in [-0.39, 0.29) is 43.2 Å². The van der Waals surface area contributed by atoms with Gasteiger partial charge in [0.05, 0.1) is 33.7 Å². The maximum Gasteiger partial charge on any atom is 0.274 e. The maximum absolute atomic E-state index is 13.0. The standard InChI is InChI=1S/C22H16N4O3S/c1-3-6-16(27)12(2)9-18-21(29)26-20(25)14(10-23)19(15(11-24)22(26)30-18)13-7-4-5-8-17(13)28/h3-9,19,27-28H,1-2,25H2/b16-6+,18-9-. The Balaban J connectivity index is 2.40. The highest BCUT2D eigenvalue weighted by molar-refractivity contribution is 7.07. The normalized spacial score (nSPS) is 16.6. The first-order chi connectivity index (χ1) is 14.3. The third kappa shape index (κ3) is 3.22. The van der Waals surface area contributed by atoms with Gasteiger partial charge in [0.25, 0.3) is 5.56 Å². The number of aromatic hydroxyl groups is 1. The second-order valence-corrected chi connectivity index (χ2v) is 7.33. The van der Waals surface area contributed by atoms with Gasteiger partial charge in [-0.15, -0.1) is 11.3 Å². The molecule has 1 unspecified atom stereocenters. The molecule has 0 bridgehead atoms. The molecule has 2 aromatic rings. The Morgan fingerprint density at radius 1 is 1.27 bits per heavy atom. The van der Waals surface area contributed by atoms with E-state index in [0.29, 0.717) is 5.56 Å². The number of para-hydroxylation sites is 1. The van der Waals surface area contributed by atoms with Crippen LogP contribution >= 0.6 is 11.3 Å². The number of phenols is 1. The average molecular weight is 416 g/mol. The van der Waals surface area contributed by atoms with Gasteiger partial charge >= 0.3 is 0 Å². The maximum atomic E-state index is 13.0. The van der Waals surface area contributed by atoms with Crippen LogP contribution in [-0.2, 0) is 0 Å². The Morgan fingerprint density at radius 2 is 1.93 bits per heavy atom. The zero-order valence-electron chi connectivity index (χ0n) is 15.7. The molecular weight excluding hydrogens is 400 g/mol. The van der Waals surface area contributed by atoms with E-state index in [0.717, 1.165) is 15.9 Å². The van der Waals surface area contributed by atoms with Crippen LogP contribution in [0.2, 0.25) is 0 Å². The zero-order chi connectivity index (χ0) is 22.0. The summed E-state index contributed by atoms with van der Waals surface area (Å²) in [6, 6.07) is 10.4. The van der Waals surface area contributed by atoms with Gasteiger partial charge in [0.2, 0.25) is 0 Å². The quantitative estimate of drug-likeness (QED) is 0.513. The van der Waals surface area contributed by atoms with E-state index >= 15 is 0 Å². The van der Waals surface area contributed by atoms with E-state index in [4.69, 9.17) is 5.73 Å². The largest absolute Gasteiger partial charge is 0.508 e. The number of fused-ring (bicyclic) bond motifs is 1. The van der Waals surface area contributed by atoms with Crippen molar-refractivity contribution in [3.63, 3.8) is 0 Å². The summed E-state index contributed by atoms with van der Waals surface area (Å²) in [5, 5.41) is 39.8. The number of aromatic nitrogens is 1. The smallest absolute Gasteiger partial charge is 0.274 e. The minimum Gasteiger partial charge on any atom is -0.508 e. The fraction of sp³-hybridized carbons (Fsp3) is 0.0455. The molecule has 1 aromatic heterocycles. The monoisotopic (exact) mass is 416 g/mol. The summed E-state index contributed by atoms with van der Waals surface area (Å²) in [6.07, 6.45) is 4.07. The van der Waals surface area contributed by atoms with E-state index in [9.17, 15) is 25.5 Å². The Morgan fingerprint density at radius 3 is 2.53 bits per heavy atom. The third-order valence-corrected chi connectivity index (χ3v) is 5.66. The molecule has 0 fully saturated rings. The molecule has 0 aliphatic carbocycles. The lowest BCUT2D eigenvalue weighted by atomic mass is 9.84. The van der Waals surface area contributed by atoms with E-state index in [2.05, 4.69) is 19.2 Å². The average Bonchev–Trinajstić information content (AvgIpc) is 3.04. The van der Waals surface area contributed by atoms with Crippen LogP contribution in [0.25, 0.3) is 17.5 Å². The van der Waals surface area contributed by atoms with Crippen molar-refractivity contribution in [3.05, 3.63) is 91.6 Å². The third-order valence-electron chi connectivity index (χ3n) is 4.55. The highest BCUT2D eigenvalue weighted by Crippen LogP contribution is 2.39. The summed E-state index contributed by atoms with van der Waals surface area (Å²) < 4.78 is 1.52. The molecule has 3 rings (SSSR count). The number of hydrogen-bond donors (Lipinski definition) is 3. The molecule has 1 atom stereocenters. The summed E-state index contributed by atoms with van der Waals surface area (Å²) in [6.45, 7) is 7.20. The molecule has 8 heteroatoms. The van der Waals surface area contributed by atoms with E-state index in [1.54, 1.807) is 18.2 Å². The second kappa shape index (κ2) is 8.00. The molecule has 148 valence electrons. The number of phenolic OH excluding ortho intramolecular Hbond substituents is 1. The predicted octanol–water partition coefficient (Wildman–Crippen LogP) is 1.70. The van der Waals surface area contributed by atoms with Crippen molar-refractivity contribution in [1.82, 2.24) is 4.57 Å². The van der Waals surface area contributed by atoms with Crippen molar-refractivity contribution in [1.29, 1.82) is 10.5 Å². The molecule has 7 nitrogen and oxygen atoms in total. The number of thiazole rings is 1. The molecule has 0 saturated heterocycles. The molecule has 0 saturated carbocycles. The van der Waals surface area contributed by atoms with Crippen molar-refractivity contribution in [2.45, 2.75) is 5.92 Å². The van der Waals surface area contributed by atoms with Gasteiger partial charge in [-0.1, -0.05) is 37.4 Å². The van der Waals surface area contributed by atoms with Crippen LogP contribution in [0.3, 0.4) is 0 Å². The predicted molar refractivity (Wildman–Crippen MR) is 115 cm³/mol. The molecule has 1 aliphatic rings. The Labute approximate surface area is 175 Å². The van der Waals surface area contributed by atoms with Crippen LogP contribution in [-0.4, -0.2) is 14.8 Å². The van der Waals surface area contributed by atoms with Crippen LogP contribution in [0.1, 0.15) is 11.5 Å². The number of benzene rings is 1. The fourth-order valence-electron chi connectivity index (χ4n) is 3.15. The first-order valence-electron chi connectivity index (χ1n) is 8.62. The van der Waals surface area contributed by atoms with E-state index in [1.165, 1.54) is 24.3 Å². The van der Waals surface area contributed by atoms with Crippen LogP contribution in [0.4, 0.5) is 0 Å². The van der Waals surface area contributed by atoms with Crippen LogP contribution in [0.5, 0.6) is 5.75 Å². The fourth-order valence-corrected chi connectivity index (χ4v) is 4.28. The summed E-state index contributed by atoms with van der Waals surface area (Å²) in [5.41, 5.74) is 6.22. The molecule has 0 spiro atoms. The molecular formula is C22H16N4O3S. The molecule has 4 N–H and O–H groups in total. The first kappa shape index (κ1) is 20.5. The molecule has 30 heavy (non-hydrogen) atoms. The van der Waals surface area contributed by atoms with Gasteiger partial charge in [-0.25, -0.2) is 0 Å². The molecule has 2 heterocycles. The second-order valence-electron chi connectivity index (χ2n) is 6.30. The lowest BCUT2D eigenvalue weighted by Crippen LogP contribution is -2.38. The minimum absolute atomic E-state index is 0.0137. The van der Waals surface area contributed by atoms with Crippen molar-refractivity contribution in [2.75, 3.05) is 0 Å². The lowest BCUT2D eigenvalue weighted by molar-refractivity contribution is 0.428. The number of nitrogens with zero attached hydrogens (tertiary/aromatic N) is 3. The topological polar surface area (TPSA) is 136 Å². The number of aliphatic hydroxyl groups is 1.